The first-order chi connectivity index (χ1) is 10.4. The van der Waals surface area contributed by atoms with E-state index in [-0.39, 0.29) is 0 Å². The van der Waals surface area contributed by atoms with Crippen LogP contribution in [0.4, 0.5) is 5.82 Å². The van der Waals surface area contributed by atoms with Gasteiger partial charge in [-0.2, -0.15) is 11.3 Å². The maximum Gasteiger partial charge on any atom is 0.162 e. The van der Waals surface area contributed by atoms with Crippen molar-refractivity contribution < 1.29 is 4.74 Å². The number of aromatic nitrogens is 2. The van der Waals surface area contributed by atoms with Gasteiger partial charge >= 0.3 is 0 Å². The zero-order chi connectivity index (χ0) is 14.5. The van der Waals surface area contributed by atoms with Crippen LogP contribution < -0.4 is 5.32 Å². The van der Waals surface area contributed by atoms with Gasteiger partial charge in [0, 0.05) is 36.6 Å². The summed E-state index contributed by atoms with van der Waals surface area (Å²) in [5.74, 6) is 1.65. The Labute approximate surface area is 127 Å². The molecule has 21 heavy (non-hydrogen) atoms. The van der Waals surface area contributed by atoms with Crippen molar-refractivity contribution in [1.29, 1.82) is 0 Å². The Morgan fingerprint density at radius 3 is 2.90 bits per heavy atom. The Balaban J connectivity index is 1.95. The first kappa shape index (κ1) is 14.0. The van der Waals surface area contributed by atoms with Gasteiger partial charge in [-0.1, -0.05) is 12.1 Å². The van der Waals surface area contributed by atoms with Gasteiger partial charge in [-0.3, -0.25) is 0 Å². The van der Waals surface area contributed by atoms with Crippen molar-refractivity contribution in [3.8, 4) is 11.4 Å². The molecule has 0 amide bonds. The molecular weight excluding hydrogens is 282 g/mol. The van der Waals surface area contributed by atoms with Crippen LogP contribution in [0.15, 0.2) is 41.1 Å². The van der Waals surface area contributed by atoms with Gasteiger partial charge in [-0.15, -0.1) is 0 Å². The molecule has 0 saturated heterocycles. The number of ether oxygens (including phenoxy) is 1. The van der Waals surface area contributed by atoms with Crippen LogP contribution in [0.5, 0.6) is 0 Å². The van der Waals surface area contributed by atoms with E-state index >= 15 is 0 Å². The van der Waals surface area contributed by atoms with Gasteiger partial charge in [0.15, 0.2) is 5.82 Å². The maximum atomic E-state index is 5.08. The highest BCUT2D eigenvalue weighted by atomic mass is 32.1. The van der Waals surface area contributed by atoms with Gasteiger partial charge in [0.1, 0.15) is 5.82 Å². The predicted molar refractivity (Wildman–Crippen MR) is 87.8 cm³/mol. The smallest absolute Gasteiger partial charge is 0.162 e. The molecule has 0 bridgehead atoms. The minimum atomic E-state index is 0.743. The van der Waals surface area contributed by atoms with Crippen LogP contribution in [0.25, 0.3) is 22.3 Å². The molecule has 108 valence electrons. The lowest BCUT2D eigenvalue weighted by Gasteiger charge is -2.10. The fraction of sp³-hybridized carbons (Fsp3) is 0.250. The number of anilines is 1. The molecular formula is C16H17N3OS. The number of benzene rings is 1. The topological polar surface area (TPSA) is 47.0 Å². The summed E-state index contributed by atoms with van der Waals surface area (Å²) in [6, 6.07) is 10.1. The minimum Gasteiger partial charge on any atom is -0.385 e. The fourth-order valence-electron chi connectivity index (χ4n) is 2.16. The molecule has 4 nitrogen and oxygen atoms in total. The number of thiophene rings is 1. The van der Waals surface area contributed by atoms with E-state index in [4.69, 9.17) is 4.74 Å². The third kappa shape index (κ3) is 3.20. The van der Waals surface area contributed by atoms with Gasteiger partial charge in [-0.25, -0.2) is 9.97 Å². The summed E-state index contributed by atoms with van der Waals surface area (Å²) in [7, 11) is 1.72. The van der Waals surface area contributed by atoms with Gasteiger partial charge in [0.2, 0.25) is 0 Å². The lowest BCUT2D eigenvalue weighted by atomic mass is 10.2. The minimum absolute atomic E-state index is 0.743. The van der Waals surface area contributed by atoms with Crippen molar-refractivity contribution in [2.75, 3.05) is 25.6 Å². The van der Waals surface area contributed by atoms with Gasteiger partial charge in [0.05, 0.1) is 5.52 Å². The summed E-state index contributed by atoms with van der Waals surface area (Å²) < 4.78 is 5.08. The highest BCUT2D eigenvalue weighted by Gasteiger charge is 2.09. The third-order valence-corrected chi connectivity index (χ3v) is 3.88. The van der Waals surface area contributed by atoms with Crippen LogP contribution in [-0.2, 0) is 4.74 Å². The summed E-state index contributed by atoms with van der Waals surface area (Å²) in [5.41, 5.74) is 2.02. The van der Waals surface area contributed by atoms with Crippen LogP contribution in [-0.4, -0.2) is 30.2 Å². The van der Waals surface area contributed by atoms with Crippen molar-refractivity contribution in [2.24, 2.45) is 0 Å². The summed E-state index contributed by atoms with van der Waals surface area (Å²) in [6.45, 7) is 1.57. The number of methoxy groups -OCH3 is 1. The summed E-state index contributed by atoms with van der Waals surface area (Å²) >= 11 is 1.65. The highest BCUT2D eigenvalue weighted by molar-refractivity contribution is 7.08. The molecule has 1 N–H and O–H groups in total. The Hall–Kier alpha value is -1.98. The highest BCUT2D eigenvalue weighted by Crippen LogP contribution is 2.25. The van der Waals surface area contributed by atoms with Crippen LogP contribution >= 0.6 is 11.3 Å². The van der Waals surface area contributed by atoms with Crippen molar-refractivity contribution >= 4 is 28.1 Å². The average molecular weight is 299 g/mol. The molecule has 0 saturated carbocycles. The largest absolute Gasteiger partial charge is 0.385 e. The summed E-state index contributed by atoms with van der Waals surface area (Å²) in [6.07, 6.45) is 0.947. The molecule has 0 aliphatic heterocycles. The SMILES string of the molecule is COCCCNc1nc(-c2ccsc2)nc2ccccc12. The van der Waals surface area contributed by atoms with E-state index in [2.05, 4.69) is 20.7 Å². The zero-order valence-corrected chi connectivity index (χ0v) is 12.7. The van der Waals surface area contributed by atoms with E-state index in [0.717, 1.165) is 47.7 Å². The number of nitrogens with zero attached hydrogens (tertiary/aromatic N) is 2. The molecule has 3 rings (SSSR count). The molecule has 0 atom stereocenters. The number of nitrogens with one attached hydrogen (secondary N) is 1. The molecule has 2 heterocycles. The van der Waals surface area contributed by atoms with E-state index in [9.17, 15) is 0 Å². The second-order valence-corrected chi connectivity index (χ2v) is 5.48. The van der Waals surface area contributed by atoms with Gasteiger partial charge < -0.3 is 10.1 Å². The van der Waals surface area contributed by atoms with Crippen molar-refractivity contribution in [3.05, 3.63) is 41.1 Å². The molecule has 2 aromatic heterocycles. The lowest BCUT2D eigenvalue weighted by molar-refractivity contribution is 0.198. The Morgan fingerprint density at radius 1 is 1.19 bits per heavy atom. The number of hydrogen-bond acceptors (Lipinski definition) is 5. The zero-order valence-electron chi connectivity index (χ0n) is 11.9. The quantitative estimate of drug-likeness (QED) is 0.703. The molecule has 0 aliphatic rings. The second kappa shape index (κ2) is 6.65. The molecule has 0 aliphatic carbocycles. The molecule has 0 radical (unpaired) electrons. The van der Waals surface area contributed by atoms with E-state index in [1.165, 1.54) is 0 Å². The first-order valence-electron chi connectivity index (χ1n) is 6.90. The Morgan fingerprint density at radius 2 is 2.10 bits per heavy atom. The predicted octanol–water partition coefficient (Wildman–Crippen LogP) is 3.81. The van der Waals surface area contributed by atoms with E-state index in [1.807, 2.05) is 35.7 Å². The molecule has 5 heteroatoms. The standard InChI is InChI=1S/C16H17N3OS/c1-20-9-4-8-17-16-13-5-2-3-6-14(13)18-15(19-16)12-7-10-21-11-12/h2-3,5-7,10-11H,4,8-9H2,1H3,(H,17,18,19). The third-order valence-electron chi connectivity index (χ3n) is 3.20. The molecule has 0 unspecified atom stereocenters. The van der Waals surface area contributed by atoms with E-state index in [0.29, 0.717) is 0 Å². The van der Waals surface area contributed by atoms with Crippen LogP contribution in [0, 0.1) is 0 Å². The second-order valence-electron chi connectivity index (χ2n) is 4.70. The molecule has 3 aromatic rings. The van der Waals surface area contributed by atoms with Crippen LogP contribution in [0.2, 0.25) is 0 Å². The maximum absolute atomic E-state index is 5.08. The van der Waals surface area contributed by atoms with Crippen molar-refractivity contribution in [1.82, 2.24) is 9.97 Å². The Kier molecular flexibility index (Phi) is 4.43. The normalized spacial score (nSPS) is 10.9. The number of hydrogen-bond donors (Lipinski definition) is 1. The summed E-state index contributed by atoms with van der Waals surface area (Å²) in [5, 5.41) is 8.56. The van der Waals surface area contributed by atoms with Crippen molar-refractivity contribution in [2.45, 2.75) is 6.42 Å². The molecule has 1 aromatic carbocycles. The molecule has 0 spiro atoms. The van der Waals surface area contributed by atoms with E-state index in [1.54, 1.807) is 18.4 Å². The molecule has 0 fully saturated rings. The average Bonchev–Trinajstić information content (AvgIpc) is 3.05. The number of para-hydroxylation sites is 1. The summed E-state index contributed by atoms with van der Waals surface area (Å²) in [4.78, 5) is 9.34. The fourth-order valence-corrected chi connectivity index (χ4v) is 2.79. The first-order valence-corrected chi connectivity index (χ1v) is 7.85. The monoisotopic (exact) mass is 299 g/mol. The van der Waals surface area contributed by atoms with Crippen LogP contribution in [0.1, 0.15) is 6.42 Å². The van der Waals surface area contributed by atoms with Crippen LogP contribution in [0.3, 0.4) is 0 Å². The van der Waals surface area contributed by atoms with E-state index < -0.39 is 0 Å². The van der Waals surface area contributed by atoms with Gasteiger partial charge in [0.25, 0.3) is 0 Å². The van der Waals surface area contributed by atoms with Crippen molar-refractivity contribution in [3.63, 3.8) is 0 Å². The number of rotatable bonds is 6. The lowest BCUT2D eigenvalue weighted by Crippen LogP contribution is -2.07. The van der Waals surface area contributed by atoms with Gasteiger partial charge in [-0.05, 0) is 30.0 Å². The Bertz CT molecular complexity index is 713. The number of fused-ring (bicyclic) bond motifs is 1.